The number of pyridine rings is 1. The van der Waals surface area contributed by atoms with Crippen molar-refractivity contribution in [2.75, 3.05) is 19.6 Å². The second kappa shape index (κ2) is 13.2. The van der Waals surface area contributed by atoms with Gasteiger partial charge in [-0.25, -0.2) is 0 Å². The first-order valence-corrected chi connectivity index (χ1v) is 13.8. The molecule has 2 aromatic carbocycles. The number of nitrogens with two attached hydrogens (primary N) is 1. The zero-order valence-electron chi connectivity index (χ0n) is 22.0. The lowest BCUT2D eigenvalue weighted by molar-refractivity contribution is 0.360. The van der Waals surface area contributed by atoms with Gasteiger partial charge in [0.15, 0.2) is 0 Å². The molecule has 0 aliphatic heterocycles. The average Bonchev–Trinajstić information content (AvgIpc) is 3.30. The minimum atomic E-state index is 0. The second-order valence-corrected chi connectivity index (χ2v) is 10.4. The van der Waals surface area contributed by atoms with Gasteiger partial charge in [0.05, 0.1) is 0 Å². The van der Waals surface area contributed by atoms with Gasteiger partial charge in [-0.1, -0.05) is 55.2 Å². The Kier molecular flexibility index (Phi) is 9.79. The lowest BCUT2D eigenvalue weighted by atomic mass is 9.87. The maximum atomic E-state index is 5.72. The number of hydrogen-bond donors (Lipinski definition) is 2. The number of fused-ring (bicyclic) bond motifs is 1. The maximum absolute atomic E-state index is 5.72. The van der Waals surface area contributed by atoms with Gasteiger partial charge in [-0.3, -0.25) is 4.98 Å². The van der Waals surface area contributed by atoms with Crippen LogP contribution in [0.15, 0.2) is 73.2 Å². The summed E-state index contributed by atoms with van der Waals surface area (Å²) in [6.45, 7) is 4.90. The molecule has 196 valence electrons. The topological polar surface area (TPSA) is 55.9 Å². The highest BCUT2D eigenvalue weighted by Crippen LogP contribution is 2.40. The third-order valence-corrected chi connectivity index (χ3v) is 7.83. The minimum absolute atomic E-state index is 0. The fourth-order valence-corrected chi connectivity index (χ4v) is 5.93. The van der Waals surface area contributed by atoms with Crippen molar-refractivity contribution in [3.05, 3.63) is 89.9 Å². The van der Waals surface area contributed by atoms with Gasteiger partial charge >= 0.3 is 0 Å². The van der Waals surface area contributed by atoms with Crippen molar-refractivity contribution in [3.63, 3.8) is 0 Å². The van der Waals surface area contributed by atoms with Crippen molar-refractivity contribution in [2.45, 2.75) is 63.8 Å². The molecule has 1 aliphatic carbocycles. The molecule has 37 heavy (non-hydrogen) atoms. The number of hydrogen-bond acceptors (Lipinski definition) is 3. The van der Waals surface area contributed by atoms with Gasteiger partial charge in [0, 0.05) is 41.5 Å². The molecule has 0 amide bonds. The molecular weight excluding hydrogens is 476 g/mol. The van der Waals surface area contributed by atoms with E-state index in [-0.39, 0.29) is 12.4 Å². The monoisotopic (exact) mass is 516 g/mol. The molecule has 5 heteroatoms. The van der Waals surface area contributed by atoms with Gasteiger partial charge < -0.3 is 15.6 Å². The van der Waals surface area contributed by atoms with Crippen LogP contribution < -0.4 is 11.1 Å². The number of nitrogens with zero attached hydrogens (tertiary/aromatic N) is 2. The van der Waals surface area contributed by atoms with E-state index >= 15 is 0 Å². The van der Waals surface area contributed by atoms with Crippen molar-refractivity contribution in [1.82, 2.24) is 14.9 Å². The smallest absolute Gasteiger partial charge is 0.0486 e. The first kappa shape index (κ1) is 27.4. The molecule has 1 aliphatic rings. The van der Waals surface area contributed by atoms with Crippen LogP contribution in [0.5, 0.6) is 0 Å². The summed E-state index contributed by atoms with van der Waals surface area (Å²) < 4.78 is 2.62. The molecule has 1 saturated carbocycles. The molecule has 1 unspecified atom stereocenters. The summed E-state index contributed by atoms with van der Waals surface area (Å²) in [7, 11) is 0. The molecule has 5 rings (SSSR count). The first-order valence-electron chi connectivity index (χ1n) is 13.8. The Morgan fingerprint density at radius 3 is 2.54 bits per heavy atom. The van der Waals surface area contributed by atoms with Crippen LogP contribution in [0.1, 0.15) is 73.6 Å². The van der Waals surface area contributed by atoms with E-state index < -0.39 is 0 Å². The SMILES string of the molecule is Cc1cccc(C(CCNCCCN)c2cn(C3CCCCC3)c3ccc(-c4ccncc4)cc23)c1.Cl. The van der Waals surface area contributed by atoms with Gasteiger partial charge in [0.1, 0.15) is 0 Å². The number of nitrogens with one attached hydrogen (secondary N) is 1. The summed E-state index contributed by atoms with van der Waals surface area (Å²) in [5.74, 6) is 0.343. The van der Waals surface area contributed by atoms with E-state index in [0.717, 1.165) is 32.5 Å². The third-order valence-electron chi connectivity index (χ3n) is 7.83. The van der Waals surface area contributed by atoms with E-state index in [1.807, 2.05) is 12.4 Å². The predicted octanol–water partition coefficient (Wildman–Crippen LogP) is 7.40. The second-order valence-electron chi connectivity index (χ2n) is 10.4. The zero-order chi connectivity index (χ0) is 24.7. The van der Waals surface area contributed by atoms with E-state index in [9.17, 15) is 0 Å². The highest BCUT2D eigenvalue weighted by atomic mass is 35.5. The Hall–Kier alpha value is -2.66. The highest BCUT2D eigenvalue weighted by Gasteiger charge is 2.24. The molecule has 4 aromatic rings. The maximum Gasteiger partial charge on any atom is 0.0486 e. The zero-order valence-corrected chi connectivity index (χ0v) is 22.9. The molecule has 3 N–H and O–H groups in total. The Morgan fingerprint density at radius 1 is 0.973 bits per heavy atom. The summed E-state index contributed by atoms with van der Waals surface area (Å²) >= 11 is 0. The van der Waals surface area contributed by atoms with Crippen molar-refractivity contribution >= 4 is 23.3 Å². The Morgan fingerprint density at radius 2 is 1.78 bits per heavy atom. The molecular formula is C32H41ClN4. The fraction of sp³-hybridized carbons (Fsp3) is 0.406. The van der Waals surface area contributed by atoms with E-state index in [1.165, 1.54) is 70.8 Å². The van der Waals surface area contributed by atoms with Crippen LogP contribution in [0.3, 0.4) is 0 Å². The van der Waals surface area contributed by atoms with Crippen molar-refractivity contribution < 1.29 is 0 Å². The number of rotatable bonds is 10. The van der Waals surface area contributed by atoms with Crippen LogP contribution in [0.4, 0.5) is 0 Å². The normalized spacial score (nSPS) is 15.0. The van der Waals surface area contributed by atoms with Gasteiger partial charge in [0.25, 0.3) is 0 Å². The lowest BCUT2D eigenvalue weighted by Crippen LogP contribution is -2.21. The molecule has 0 radical (unpaired) electrons. The molecule has 2 heterocycles. The molecule has 0 spiro atoms. The number of aromatic nitrogens is 2. The van der Waals surface area contributed by atoms with Gasteiger partial charge in [-0.2, -0.15) is 0 Å². The largest absolute Gasteiger partial charge is 0.344 e. The van der Waals surface area contributed by atoms with Crippen LogP contribution in [0, 0.1) is 6.92 Å². The molecule has 0 saturated heterocycles. The Balaban J connectivity index is 0.00000320. The molecule has 0 bridgehead atoms. The summed E-state index contributed by atoms with van der Waals surface area (Å²) in [4.78, 5) is 4.23. The molecule has 1 atom stereocenters. The van der Waals surface area contributed by atoms with Crippen LogP contribution >= 0.6 is 12.4 Å². The van der Waals surface area contributed by atoms with E-state index in [0.29, 0.717) is 12.0 Å². The van der Waals surface area contributed by atoms with Gasteiger partial charge in [-0.05, 0) is 98.8 Å². The predicted molar refractivity (Wildman–Crippen MR) is 159 cm³/mol. The number of halogens is 1. The van der Waals surface area contributed by atoms with Crippen molar-refractivity contribution in [1.29, 1.82) is 0 Å². The summed E-state index contributed by atoms with van der Waals surface area (Å²) in [6, 6.07) is 21.0. The molecule has 2 aromatic heterocycles. The molecule has 1 fully saturated rings. The minimum Gasteiger partial charge on any atom is -0.344 e. The quantitative estimate of drug-likeness (QED) is 0.216. The fourth-order valence-electron chi connectivity index (χ4n) is 5.93. The first-order chi connectivity index (χ1) is 17.7. The van der Waals surface area contributed by atoms with Crippen LogP contribution in [-0.4, -0.2) is 29.2 Å². The van der Waals surface area contributed by atoms with E-state index in [1.54, 1.807) is 0 Å². The lowest BCUT2D eigenvalue weighted by Gasteiger charge is -2.24. The highest BCUT2D eigenvalue weighted by molar-refractivity contribution is 5.89. The van der Waals surface area contributed by atoms with Gasteiger partial charge in [-0.15, -0.1) is 12.4 Å². The summed E-state index contributed by atoms with van der Waals surface area (Å²) in [6.07, 6.45) is 15.0. The standard InChI is InChI=1S/C32H40N4.ClH/c1-24-7-5-8-27(21-24)29(15-20-34-17-6-16-33)31-23-36(28-9-3-2-4-10-28)32-12-11-26(22-30(31)32)25-13-18-35-19-14-25;/h5,7-8,11-14,18-19,21-23,28-29,34H,2-4,6,9-10,15-17,20,33H2,1H3;1H. The molecule has 4 nitrogen and oxygen atoms in total. The van der Waals surface area contributed by atoms with E-state index in [4.69, 9.17) is 5.73 Å². The van der Waals surface area contributed by atoms with Crippen molar-refractivity contribution in [2.24, 2.45) is 5.73 Å². The number of benzene rings is 2. The third kappa shape index (κ3) is 6.43. The summed E-state index contributed by atoms with van der Waals surface area (Å²) in [5, 5.41) is 5.02. The van der Waals surface area contributed by atoms with Crippen LogP contribution in [0.2, 0.25) is 0 Å². The van der Waals surface area contributed by atoms with Crippen molar-refractivity contribution in [3.8, 4) is 11.1 Å². The van der Waals surface area contributed by atoms with Crippen LogP contribution in [-0.2, 0) is 0 Å². The van der Waals surface area contributed by atoms with Gasteiger partial charge in [0.2, 0.25) is 0 Å². The average molecular weight is 517 g/mol. The van der Waals surface area contributed by atoms with Crippen LogP contribution in [0.25, 0.3) is 22.0 Å². The Bertz CT molecular complexity index is 1260. The number of aryl methyl sites for hydroxylation is 1. The van der Waals surface area contributed by atoms with E-state index in [2.05, 4.69) is 82.6 Å². The summed E-state index contributed by atoms with van der Waals surface area (Å²) in [5.41, 5.74) is 13.8. The Labute approximate surface area is 228 Å².